The molecule has 21 heavy (non-hydrogen) atoms. The lowest BCUT2D eigenvalue weighted by Crippen LogP contribution is -2.55. The number of carbonyl (C=O) groups is 2. The monoisotopic (exact) mass is 312 g/mol. The largest absolute Gasteiger partial charge is 0.508 e. The number of hydrogen-bond acceptors (Lipinski definition) is 4. The predicted molar refractivity (Wildman–Crippen MR) is 77.4 cm³/mol. The molecule has 1 fully saturated rings. The lowest BCUT2D eigenvalue weighted by molar-refractivity contribution is -0.130. The third-order valence-electron chi connectivity index (χ3n) is 3.22. The molecule has 1 atom stereocenters. The molecular formula is C14H17ClN2O4. The number of phenolic OH excluding ortho intramolecular Hbond substituents is 1. The Kier molecular flexibility index (Phi) is 5.03. The van der Waals surface area contributed by atoms with Gasteiger partial charge in [-0.05, 0) is 25.1 Å². The van der Waals surface area contributed by atoms with Gasteiger partial charge in [0.1, 0.15) is 11.8 Å². The number of aromatic hydroxyl groups is 1. The number of hydrogen-bond donors (Lipinski definition) is 2. The first-order valence-corrected chi connectivity index (χ1v) is 7.07. The van der Waals surface area contributed by atoms with Crippen LogP contribution in [0.4, 0.5) is 0 Å². The lowest BCUT2D eigenvalue weighted by Gasteiger charge is -2.34. The van der Waals surface area contributed by atoms with E-state index in [9.17, 15) is 14.7 Å². The van der Waals surface area contributed by atoms with E-state index in [4.69, 9.17) is 16.3 Å². The smallest absolute Gasteiger partial charge is 0.256 e. The van der Waals surface area contributed by atoms with Gasteiger partial charge in [0.25, 0.3) is 5.91 Å². The first kappa shape index (κ1) is 15.6. The van der Waals surface area contributed by atoms with E-state index in [-0.39, 0.29) is 28.8 Å². The third-order valence-corrected chi connectivity index (χ3v) is 3.55. The molecule has 1 aromatic rings. The molecule has 0 saturated carbocycles. The maximum Gasteiger partial charge on any atom is 0.256 e. The van der Waals surface area contributed by atoms with Crippen LogP contribution in [-0.2, 0) is 9.53 Å². The van der Waals surface area contributed by atoms with Crippen molar-refractivity contribution in [2.45, 2.75) is 13.0 Å². The third kappa shape index (κ3) is 3.46. The van der Waals surface area contributed by atoms with Crippen LogP contribution in [0.2, 0.25) is 5.02 Å². The van der Waals surface area contributed by atoms with E-state index in [1.54, 1.807) is 6.92 Å². The van der Waals surface area contributed by atoms with Crippen molar-refractivity contribution in [1.29, 1.82) is 0 Å². The van der Waals surface area contributed by atoms with E-state index in [0.29, 0.717) is 19.7 Å². The zero-order valence-corrected chi connectivity index (χ0v) is 12.4. The molecule has 7 heteroatoms. The minimum Gasteiger partial charge on any atom is -0.508 e. The molecule has 2 amide bonds. The number of likely N-dealkylation sites (N-methyl/N-ethyl adjacent to an activating group) is 1. The van der Waals surface area contributed by atoms with Crippen molar-refractivity contribution in [3.8, 4) is 5.75 Å². The Morgan fingerprint density at radius 1 is 1.52 bits per heavy atom. The molecule has 6 nitrogen and oxygen atoms in total. The van der Waals surface area contributed by atoms with Crippen molar-refractivity contribution in [3.63, 3.8) is 0 Å². The van der Waals surface area contributed by atoms with E-state index in [1.807, 2.05) is 0 Å². The van der Waals surface area contributed by atoms with Crippen molar-refractivity contribution < 1.29 is 19.4 Å². The highest BCUT2D eigenvalue weighted by Gasteiger charge is 2.33. The number of nitrogens with zero attached hydrogens (tertiary/aromatic N) is 1. The second-order valence-corrected chi connectivity index (χ2v) is 5.06. The summed E-state index contributed by atoms with van der Waals surface area (Å²) in [6.07, 6.45) is 0. The van der Waals surface area contributed by atoms with E-state index >= 15 is 0 Å². The van der Waals surface area contributed by atoms with Gasteiger partial charge in [-0.1, -0.05) is 11.6 Å². The van der Waals surface area contributed by atoms with Gasteiger partial charge in [-0.2, -0.15) is 0 Å². The Balaban J connectivity index is 2.26. The summed E-state index contributed by atoms with van der Waals surface area (Å²) in [7, 11) is 0. The molecule has 0 aromatic heterocycles. The molecule has 114 valence electrons. The van der Waals surface area contributed by atoms with Gasteiger partial charge in [-0.3, -0.25) is 9.59 Å². The van der Waals surface area contributed by atoms with E-state index in [2.05, 4.69) is 5.32 Å². The molecule has 0 bridgehead atoms. The number of amides is 2. The number of ether oxygens (including phenoxy) is 1. The number of carbonyl (C=O) groups excluding carboxylic acids is 2. The van der Waals surface area contributed by atoms with Crippen LogP contribution in [0.5, 0.6) is 5.75 Å². The van der Waals surface area contributed by atoms with Crippen molar-refractivity contribution >= 4 is 23.4 Å². The average Bonchev–Trinajstić information content (AvgIpc) is 2.49. The van der Waals surface area contributed by atoms with Crippen LogP contribution in [0.25, 0.3) is 0 Å². The number of rotatable bonds is 3. The van der Waals surface area contributed by atoms with E-state index in [1.165, 1.54) is 23.1 Å². The highest BCUT2D eigenvalue weighted by molar-refractivity contribution is 6.34. The predicted octanol–water partition coefficient (Wildman–Crippen LogP) is 1.02. The number of nitrogens with one attached hydrogen (secondary N) is 1. The normalized spacial score (nSPS) is 18.4. The Hall–Kier alpha value is -1.79. The molecule has 1 heterocycles. The molecule has 0 radical (unpaired) electrons. The van der Waals surface area contributed by atoms with E-state index < -0.39 is 11.9 Å². The van der Waals surface area contributed by atoms with Crippen molar-refractivity contribution in [2.75, 3.05) is 26.3 Å². The van der Waals surface area contributed by atoms with Crippen LogP contribution < -0.4 is 5.32 Å². The quantitative estimate of drug-likeness (QED) is 0.873. The van der Waals surface area contributed by atoms with Crippen molar-refractivity contribution in [2.24, 2.45) is 0 Å². The molecule has 2 N–H and O–H groups in total. The van der Waals surface area contributed by atoms with Crippen molar-refractivity contribution in [1.82, 2.24) is 10.2 Å². The number of morpholine rings is 1. The summed E-state index contributed by atoms with van der Waals surface area (Å²) in [6, 6.07) is 3.46. The fourth-order valence-electron chi connectivity index (χ4n) is 2.19. The number of phenols is 1. The summed E-state index contributed by atoms with van der Waals surface area (Å²) >= 11 is 6.01. The van der Waals surface area contributed by atoms with Gasteiger partial charge in [-0.15, -0.1) is 0 Å². The number of halogens is 1. The Morgan fingerprint density at radius 2 is 2.29 bits per heavy atom. The van der Waals surface area contributed by atoms with Gasteiger partial charge < -0.3 is 20.1 Å². The maximum atomic E-state index is 12.6. The SMILES string of the molecule is CCNC(=O)C1COCCN1C(=O)c1cc(O)ccc1Cl. The zero-order valence-electron chi connectivity index (χ0n) is 11.6. The molecule has 1 aliphatic rings. The number of benzene rings is 1. The fraction of sp³-hybridized carbons (Fsp3) is 0.429. The second-order valence-electron chi connectivity index (χ2n) is 4.65. The van der Waals surface area contributed by atoms with Gasteiger partial charge in [0.05, 0.1) is 23.8 Å². The highest BCUT2D eigenvalue weighted by atomic mass is 35.5. The van der Waals surface area contributed by atoms with Crippen molar-refractivity contribution in [3.05, 3.63) is 28.8 Å². The van der Waals surface area contributed by atoms with Gasteiger partial charge >= 0.3 is 0 Å². The highest BCUT2D eigenvalue weighted by Crippen LogP contribution is 2.24. The maximum absolute atomic E-state index is 12.6. The molecule has 0 aliphatic carbocycles. The van der Waals surface area contributed by atoms with Gasteiger partial charge in [-0.25, -0.2) is 0 Å². The standard InChI is InChI=1S/C14H17ClN2O4/c1-2-16-13(19)12-8-21-6-5-17(12)14(20)10-7-9(18)3-4-11(10)15/h3-4,7,12,18H,2,5-6,8H2,1H3,(H,16,19). The summed E-state index contributed by atoms with van der Waals surface area (Å²) in [5.74, 6) is -0.706. The van der Waals surface area contributed by atoms with Crippen LogP contribution in [0, 0.1) is 0 Å². The first-order chi connectivity index (χ1) is 10.0. The van der Waals surface area contributed by atoms with Crippen LogP contribution >= 0.6 is 11.6 Å². The van der Waals surface area contributed by atoms with Crippen LogP contribution in [0.15, 0.2) is 18.2 Å². The second kappa shape index (κ2) is 6.78. The summed E-state index contributed by atoms with van der Waals surface area (Å²) in [5, 5.41) is 12.4. The Morgan fingerprint density at radius 3 is 3.00 bits per heavy atom. The molecule has 2 rings (SSSR count). The topological polar surface area (TPSA) is 78.9 Å². The zero-order chi connectivity index (χ0) is 15.4. The van der Waals surface area contributed by atoms with Gasteiger partial charge in [0.15, 0.2) is 0 Å². The summed E-state index contributed by atoms with van der Waals surface area (Å²) in [5.41, 5.74) is 0.174. The lowest BCUT2D eigenvalue weighted by atomic mass is 10.1. The summed E-state index contributed by atoms with van der Waals surface area (Å²) in [4.78, 5) is 26.0. The fourth-order valence-corrected chi connectivity index (χ4v) is 2.39. The molecule has 1 aliphatic heterocycles. The van der Waals surface area contributed by atoms with Gasteiger partial charge in [0, 0.05) is 13.1 Å². The molecular weight excluding hydrogens is 296 g/mol. The average molecular weight is 313 g/mol. The van der Waals surface area contributed by atoms with Gasteiger partial charge in [0.2, 0.25) is 5.91 Å². The summed E-state index contributed by atoms with van der Waals surface area (Å²) < 4.78 is 5.28. The minimum absolute atomic E-state index is 0.0504. The Labute approximate surface area is 127 Å². The van der Waals surface area contributed by atoms with E-state index in [0.717, 1.165) is 0 Å². The Bertz CT molecular complexity index is 550. The molecule has 1 aromatic carbocycles. The first-order valence-electron chi connectivity index (χ1n) is 6.69. The van der Waals surface area contributed by atoms with Crippen LogP contribution in [0.3, 0.4) is 0 Å². The molecule has 1 unspecified atom stereocenters. The summed E-state index contributed by atoms with van der Waals surface area (Å²) in [6.45, 7) is 3.09. The van der Waals surface area contributed by atoms with Crippen LogP contribution in [0.1, 0.15) is 17.3 Å². The minimum atomic E-state index is -0.690. The molecule has 1 saturated heterocycles. The van der Waals surface area contributed by atoms with Crippen LogP contribution in [-0.4, -0.2) is 54.2 Å². The molecule has 0 spiro atoms.